The van der Waals surface area contributed by atoms with E-state index < -0.39 is 21.2 Å². The Bertz CT molecular complexity index is 1260. The minimum Gasteiger partial charge on any atom is -0.368 e. The quantitative estimate of drug-likeness (QED) is 0.404. The minimum atomic E-state index is -3.34. The van der Waals surface area contributed by atoms with Gasteiger partial charge in [0.2, 0.25) is 5.95 Å². The number of amidine groups is 1. The van der Waals surface area contributed by atoms with Crippen LogP contribution in [0.15, 0.2) is 65.8 Å². The number of amides is 1. The predicted octanol–water partition coefficient (Wildman–Crippen LogP) is 2.96. The molecule has 164 valence electrons. The summed E-state index contributed by atoms with van der Waals surface area (Å²) in [5.74, 6) is -0.0737. The van der Waals surface area contributed by atoms with Gasteiger partial charge >= 0.3 is 0 Å². The third-order valence-electron chi connectivity index (χ3n) is 5.91. The average Bonchev–Trinajstić information content (AvgIpc) is 2.73. The van der Waals surface area contributed by atoms with Gasteiger partial charge < -0.3 is 11.1 Å². The van der Waals surface area contributed by atoms with Crippen molar-refractivity contribution in [2.75, 3.05) is 12.0 Å². The molecule has 9 heteroatoms. The molecular formula is C23H23N5O3S. The molecule has 0 radical (unpaired) electrons. The van der Waals surface area contributed by atoms with E-state index in [1.807, 2.05) is 24.3 Å². The van der Waals surface area contributed by atoms with E-state index >= 15 is 0 Å². The smallest absolute Gasteiger partial charge is 0.256 e. The van der Waals surface area contributed by atoms with E-state index in [4.69, 9.17) is 11.1 Å². The molecule has 8 nitrogen and oxygen atoms in total. The van der Waals surface area contributed by atoms with E-state index in [9.17, 15) is 13.2 Å². The highest BCUT2D eigenvalue weighted by molar-refractivity contribution is 7.90. The zero-order valence-electron chi connectivity index (χ0n) is 17.5. The number of nitrogens with zero attached hydrogens (tertiary/aromatic N) is 2. The van der Waals surface area contributed by atoms with Crippen LogP contribution in [0.2, 0.25) is 0 Å². The van der Waals surface area contributed by atoms with Crippen LogP contribution in [0.3, 0.4) is 0 Å². The van der Waals surface area contributed by atoms with Crippen molar-refractivity contribution >= 4 is 27.5 Å². The summed E-state index contributed by atoms with van der Waals surface area (Å²) in [4.78, 5) is 20.8. The SMILES string of the molecule is CS(=O)(=O)c1ccc(C(=O)NC(=N)C2(c3ccc(-c4cnc(N)nc4)cc3)CCC2)cc1. The molecule has 0 atom stereocenters. The summed E-state index contributed by atoms with van der Waals surface area (Å²) in [6, 6.07) is 13.5. The lowest BCUT2D eigenvalue weighted by molar-refractivity contribution is 0.0972. The van der Waals surface area contributed by atoms with Gasteiger partial charge in [-0.3, -0.25) is 10.2 Å². The number of hydrogen-bond donors (Lipinski definition) is 3. The second kappa shape index (κ2) is 8.16. The van der Waals surface area contributed by atoms with Crippen LogP contribution in [0, 0.1) is 5.41 Å². The number of sulfone groups is 1. The average molecular weight is 450 g/mol. The van der Waals surface area contributed by atoms with Crippen LogP contribution < -0.4 is 11.1 Å². The number of anilines is 1. The van der Waals surface area contributed by atoms with E-state index in [1.165, 1.54) is 24.3 Å². The third-order valence-corrected chi connectivity index (χ3v) is 7.04. The van der Waals surface area contributed by atoms with Crippen molar-refractivity contribution in [3.63, 3.8) is 0 Å². The first-order valence-electron chi connectivity index (χ1n) is 10.1. The fourth-order valence-electron chi connectivity index (χ4n) is 3.84. The molecule has 2 aromatic carbocycles. The van der Waals surface area contributed by atoms with E-state index in [0.29, 0.717) is 5.56 Å². The largest absolute Gasteiger partial charge is 0.368 e. The Morgan fingerprint density at radius 1 is 1.00 bits per heavy atom. The summed E-state index contributed by atoms with van der Waals surface area (Å²) in [5, 5.41) is 11.3. The van der Waals surface area contributed by atoms with Gasteiger partial charge in [0.15, 0.2) is 9.84 Å². The molecule has 1 aromatic heterocycles. The molecule has 1 heterocycles. The molecule has 1 aliphatic carbocycles. The van der Waals surface area contributed by atoms with Crippen molar-refractivity contribution in [1.29, 1.82) is 5.41 Å². The Labute approximate surface area is 186 Å². The summed E-state index contributed by atoms with van der Waals surface area (Å²) in [5.41, 5.74) is 8.04. The number of carbonyl (C=O) groups is 1. The number of aromatic nitrogens is 2. The van der Waals surface area contributed by atoms with Crippen LogP contribution >= 0.6 is 0 Å². The zero-order chi connectivity index (χ0) is 22.9. The molecule has 0 unspecified atom stereocenters. The first kappa shape index (κ1) is 21.6. The Morgan fingerprint density at radius 3 is 2.09 bits per heavy atom. The number of nitrogens with one attached hydrogen (secondary N) is 2. The number of benzene rings is 2. The van der Waals surface area contributed by atoms with Crippen LogP contribution in [0.4, 0.5) is 5.95 Å². The van der Waals surface area contributed by atoms with Crippen LogP contribution in [0.5, 0.6) is 0 Å². The molecule has 0 saturated heterocycles. The van der Waals surface area contributed by atoms with Crippen LogP contribution in [-0.4, -0.2) is 36.4 Å². The highest BCUT2D eigenvalue weighted by Crippen LogP contribution is 2.44. The molecule has 1 fully saturated rings. The van der Waals surface area contributed by atoms with Crippen molar-refractivity contribution in [3.8, 4) is 11.1 Å². The molecule has 4 rings (SSSR count). The van der Waals surface area contributed by atoms with Crippen LogP contribution in [0.1, 0.15) is 35.2 Å². The summed E-state index contributed by atoms with van der Waals surface area (Å²) >= 11 is 0. The van der Waals surface area contributed by atoms with Crippen molar-refractivity contribution < 1.29 is 13.2 Å². The van der Waals surface area contributed by atoms with Crippen molar-refractivity contribution in [2.45, 2.75) is 29.6 Å². The molecule has 0 aliphatic heterocycles. The molecule has 0 bridgehead atoms. The molecule has 32 heavy (non-hydrogen) atoms. The Hall–Kier alpha value is -3.59. The van der Waals surface area contributed by atoms with E-state index in [-0.39, 0.29) is 16.7 Å². The van der Waals surface area contributed by atoms with Gasteiger partial charge in [0.05, 0.1) is 10.3 Å². The number of nitrogen functional groups attached to an aromatic ring is 1. The topological polar surface area (TPSA) is 139 Å². The molecule has 1 amide bonds. The van der Waals surface area contributed by atoms with Crippen molar-refractivity contribution in [2.24, 2.45) is 0 Å². The van der Waals surface area contributed by atoms with Crippen LogP contribution in [0.25, 0.3) is 11.1 Å². The highest BCUT2D eigenvalue weighted by atomic mass is 32.2. The van der Waals surface area contributed by atoms with Gasteiger partial charge in [0.25, 0.3) is 5.91 Å². The van der Waals surface area contributed by atoms with Crippen molar-refractivity contribution in [1.82, 2.24) is 15.3 Å². The predicted molar refractivity (Wildman–Crippen MR) is 122 cm³/mol. The number of nitrogens with two attached hydrogens (primary N) is 1. The first-order chi connectivity index (χ1) is 15.2. The van der Waals surface area contributed by atoms with Gasteiger partial charge in [-0.1, -0.05) is 30.7 Å². The zero-order valence-corrected chi connectivity index (χ0v) is 18.3. The third kappa shape index (κ3) is 4.11. The van der Waals surface area contributed by atoms with Gasteiger partial charge in [-0.2, -0.15) is 0 Å². The molecule has 1 aliphatic rings. The highest BCUT2D eigenvalue weighted by Gasteiger charge is 2.43. The lowest BCUT2D eigenvalue weighted by atomic mass is 9.63. The lowest BCUT2D eigenvalue weighted by Crippen LogP contribution is -2.50. The summed E-state index contributed by atoms with van der Waals surface area (Å²) in [6.45, 7) is 0. The number of hydrogen-bond acceptors (Lipinski definition) is 7. The molecular weight excluding hydrogens is 426 g/mol. The molecule has 3 aromatic rings. The Morgan fingerprint density at radius 2 is 1.59 bits per heavy atom. The lowest BCUT2D eigenvalue weighted by Gasteiger charge is -2.42. The maximum absolute atomic E-state index is 12.7. The van der Waals surface area contributed by atoms with E-state index in [2.05, 4.69) is 15.3 Å². The fraction of sp³-hybridized carbons (Fsp3) is 0.217. The van der Waals surface area contributed by atoms with Gasteiger partial charge in [0.1, 0.15) is 5.84 Å². The Balaban J connectivity index is 1.51. The summed E-state index contributed by atoms with van der Waals surface area (Å²) in [6.07, 6.45) is 6.94. The molecule has 1 saturated carbocycles. The Kier molecular flexibility index (Phi) is 5.52. The normalized spacial score (nSPS) is 14.9. The monoisotopic (exact) mass is 449 g/mol. The fourth-order valence-corrected chi connectivity index (χ4v) is 4.47. The second-order valence-electron chi connectivity index (χ2n) is 7.97. The van der Waals surface area contributed by atoms with Crippen LogP contribution in [-0.2, 0) is 15.3 Å². The molecule has 4 N–H and O–H groups in total. The number of carbonyl (C=O) groups excluding carboxylic acids is 1. The second-order valence-corrected chi connectivity index (χ2v) is 9.98. The summed E-state index contributed by atoms with van der Waals surface area (Å²) in [7, 11) is -3.34. The maximum atomic E-state index is 12.7. The van der Waals surface area contributed by atoms with E-state index in [1.54, 1.807) is 12.4 Å². The van der Waals surface area contributed by atoms with E-state index in [0.717, 1.165) is 42.2 Å². The minimum absolute atomic E-state index is 0.143. The number of rotatable bonds is 5. The van der Waals surface area contributed by atoms with Gasteiger partial charge in [-0.05, 0) is 48.2 Å². The first-order valence-corrected chi connectivity index (χ1v) is 12.0. The standard InChI is InChI=1S/C23H23N5O3S/c1-32(30,31)19-9-5-16(6-10-19)20(29)28-21(24)23(11-2-12-23)18-7-3-15(4-8-18)17-13-26-22(25)27-14-17/h3-10,13-14H,2,11-12H2,1H3,(H2,24,28,29)(H2,25,26,27). The van der Waals surface area contributed by atoms with Gasteiger partial charge in [0, 0.05) is 29.8 Å². The molecule has 0 spiro atoms. The van der Waals surface area contributed by atoms with Gasteiger partial charge in [-0.25, -0.2) is 18.4 Å². The van der Waals surface area contributed by atoms with Crippen molar-refractivity contribution in [3.05, 3.63) is 72.1 Å². The maximum Gasteiger partial charge on any atom is 0.256 e. The van der Waals surface area contributed by atoms with Gasteiger partial charge in [-0.15, -0.1) is 0 Å². The summed E-state index contributed by atoms with van der Waals surface area (Å²) < 4.78 is 23.2.